The first-order chi connectivity index (χ1) is 19.7. The minimum atomic E-state index is -4.20. The molecule has 1 atom stereocenters. The Morgan fingerprint density at radius 1 is 0.905 bits per heavy atom. The topological polar surface area (TPSA) is 86.8 Å². The maximum Gasteiger partial charge on any atom is 0.264 e. The quantitative estimate of drug-likeness (QED) is 0.227. The van der Waals surface area contributed by atoms with Crippen LogP contribution in [0.2, 0.25) is 15.1 Å². The van der Waals surface area contributed by atoms with Crippen LogP contribution in [0.4, 0.5) is 5.69 Å². The number of hydrogen-bond acceptors (Lipinski definition) is 4. The van der Waals surface area contributed by atoms with Gasteiger partial charge in [0.05, 0.1) is 10.6 Å². The van der Waals surface area contributed by atoms with Gasteiger partial charge >= 0.3 is 0 Å². The lowest BCUT2D eigenvalue weighted by Crippen LogP contribution is -2.52. The van der Waals surface area contributed by atoms with Crippen LogP contribution in [0.5, 0.6) is 0 Å². The molecule has 0 heterocycles. The van der Waals surface area contributed by atoms with Crippen molar-refractivity contribution in [2.24, 2.45) is 5.92 Å². The number of nitrogens with one attached hydrogen (secondary N) is 1. The maximum absolute atomic E-state index is 14.2. The van der Waals surface area contributed by atoms with E-state index in [1.807, 2.05) is 20.8 Å². The highest BCUT2D eigenvalue weighted by Gasteiger charge is 2.34. The van der Waals surface area contributed by atoms with E-state index in [1.54, 1.807) is 62.4 Å². The number of carbonyl (C=O) groups is 2. The highest BCUT2D eigenvalue weighted by Crippen LogP contribution is 2.30. The third kappa shape index (κ3) is 8.40. The minimum Gasteiger partial charge on any atom is -0.354 e. The van der Waals surface area contributed by atoms with Crippen molar-refractivity contribution in [1.29, 1.82) is 0 Å². The summed E-state index contributed by atoms with van der Waals surface area (Å²) >= 11 is 18.7. The first kappa shape index (κ1) is 33.7. The molecule has 0 fully saturated rings. The molecule has 3 aromatic rings. The molecule has 0 radical (unpaired) electrons. The molecule has 3 aromatic carbocycles. The summed E-state index contributed by atoms with van der Waals surface area (Å²) in [5.74, 6) is -0.706. The molecule has 0 aliphatic carbocycles. The van der Waals surface area contributed by atoms with E-state index in [4.69, 9.17) is 34.8 Å². The Morgan fingerprint density at radius 2 is 1.52 bits per heavy atom. The largest absolute Gasteiger partial charge is 0.354 e. The SMILES string of the molecule is CC[C@H](C(=O)NCC(C)C)N(Cc1ccc(Cl)cc1Cl)C(=O)CN(c1ccc(Cl)cc1C)S(=O)(=O)c1ccc(C)cc1. The third-order valence-electron chi connectivity index (χ3n) is 6.74. The average Bonchev–Trinajstić information content (AvgIpc) is 2.92. The Labute approximate surface area is 263 Å². The van der Waals surface area contributed by atoms with Gasteiger partial charge in [-0.2, -0.15) is 0 Å². The van der Waals surface area contributed by atoms with Gasteiger partial charge < -0.3 is 10.2 Å². The molecule has 0 unspecified atom stereocenters. The fraction of sp³-hybridized carbons (Fsp3) is 0.355. The number of nitrogens with zero attached hydrogens (tertiary/aromatic N) is 2. The highest BCUT2D eigenvalue weighted by atomic mass is 35.5. The van der Waals surface area contributed by atoms with Gasteiger partial charge in [0, 0.05) is 28.2 Å². The average molecular weight is 653 g/mol. The molecule has 7 nitrogen and oxygen atoms in total. The van der Waals surface area contributed by atoms with E-state index in [1.165, 1.54) is 17.0 Å². The van der Waals surface area contributed by atoms with Gasteiger partial charge in [0.2, 0.25) is 11.8 Å². The number of halogens is 3. The predicted octanol–water partition coefficient (Wildman–Crippen LogP) is 7.04. The molecular weight excluding hydrogens is 617 g/mol. The first-order valence-electron chi connectivity index (χ1n) is 13.6. The van der Waals surface area contributed by atoms with Gasteiger partial charge in [0.15, 0.2) is 0 Å². The lowest BCUT2D eigenvalue weighted by molar-refractivity contribution is -0.140. The normalized spacial score (nSPS) is 12.2. The van der Waals surface area contributed by atoms with E-state index < -0.39 is 28.5 Å². The second-order valence-electron chi connectivity index (χ2n) is 10.6. The molecule has 0 aromatic heterocycles. The molecule has 42 heavy (non-hydrogen) atoms. The second-order valence-corrected chi connectivity index (χ2v) is 13.7. The van der Waals surface area contributed by atoms with Gasteiger partial charge in [-0.1, -0.05) is 79.3 Å². The van der Waals surface area contributed by atoms with E-state index in [9.17, 15) is 18.0 Å². The molecule has 0 saturated carbocycles. The van der Waals surface area contributed by atoms with Crippen LogP contribution in [-0.2, 0) is 26.2 Å². The Balaban J connectivity index is 2.10. The van der Waals surface area contributed by atoms with E-state index in [2.05, 4.69) is 5.32 Å². The summed E-state index contributed by atoms with van der Waals surface area (Å²) in [5.41, 5.74) is 2.33. The number of rotatable bonds is 12. The van der Waals surface area contributed by atoms with E-state index in [-0.39, 0.29) is 23.3 Å². The molecular formula is C31H36Cl3N3O4S. The summed E-state index contributed by atoms with van der Waals surface area (Å²) < 4.78 is 29.2. The summed E-state index contributed by atoms with van der Waals surface area (Å²) in [7, 11) is -4.20. The number of anilines is 1. The van der Waals surface area contributed by atoms with Crippen molar-refractivity contribution in [1.82, 2.24) is 10.2 Å². The van der Waals surface area contributed by atoms with Crippen molar-refractivity contribution < 1.29 is 18.0 Å². The lowest BCUT2D eigenvalue weighted by Gasteiger charge is -2.34. The summed E-state index contributed by atoms with van der Waals surface area (Å²) in [6.45, 7) is 9.17. The van der Waals surface area contributed by atoms with Crippen LogP contribution in [-0.4, -0.2) is 44.3 Å². The zero-order valence-corrected chi connectivity index (χ0v) is 27.4. The molecule has 0 aliphatic heterocycles. The number of hydrogen-bond donors (Lipinski definition) is 1. The van der Waals surface area contributed by atoms with Crippen molar-refractivity contribution in [2.75, 3.05) is 17.4 Å². The van der Waals surface area contributed by atoms with Crippen LogP contribution in [0.1, 0.15) is 43.9 Å². The number of carbonyl (C=O) groups excluding carboxylic acids is 2. The molecule has 0 saturated heterocycles. The summed E-state index contributed by atoms with van der Waals surface area (Å²) in [6, 6.07) is 15.2. The van der Waals surface area contributed by atoms with Crippen molar-refractivity contribution >= 4 is 62.3 Å². The second kappa shape index (κ2) is 14.6. The molecule has 0 aliphatic rings. The van der Waals surface area contributed by atoms with Gasteiger partial charge in [0.1, 0.15) is 12.6 Å². The van der Waals surface area contributed by atoms with Gasteiger partial charge in [-0.05, 0) is 79.8 Å². The summed E-state index contributed by atoms with van der Waals surface area (Å²) in [6.07, 6.45) is 0.297. The van der Waals surface area contributed by atoms with Crippen molar-refractivity contribution in [3.8, 4) is 0 Å². The number of aryl methyl sites for hydroxylation is 2. The van der Waals surface area contributed by atoms with Crippen LogP contribution in [0.3, 0.4) is 0 Å². The van der Waals surface area contributed by atoms with Crippen LogP contribution in [0.15, 0.2) is 65.6 Å². The monoisotopic (exact) mass is 651 g/mol. The fourth-order valence-corrected chi connectivity index (χ4v) is 6.60. The van der Waals surface area contributed by atoms with Gasteiger partial charge in [-0.25, -0.2) is 8.42 Å². The minimum absolute atomic E-state index is 0.0273. The Morgan fingerprint density at radius 3 is 2.10 bits per heavy atom. The molecule has 1 N–H and O–H groups in total. The Kier molecular flexibility index (Phi) is 11.7. The standard InChI is InChI=1S/C31H36Cl3N3O4S/c1-6-28(31(39)35-17-20(2)3)36(18-23-9-10-25(33)16-27(23)34)30(38)19-37(29-14-11-24(32)15-22(29)5)42(40,41)26-12-7-21(4)8-13-26/h7-16,20,28H,6,17-19H2,1-5H3,(H,35,39)/t28-/m1/s1. The first-order valence-corrected chi connectivity index (χ1v) is 16.2. The maximum atomic E-state index is 14.2. The predicted molar refractivity (Wildman–Crippen MR) is 171 cm³/mol. The summed E-state index contributed by atoms with van der Waals surface area (Å²) in [5, 5.41) is 4.10. The number of sulfonamides is 1. The van der Waals surface area contributed by atoms with E-state index >= 15 is 0 Å². The van der Waals surface area contributed by atoms with E-state index in [0.29, 0.717) is 44.8 Å². The zero-order valence-electron chi connectivity index (χ0n) is 24.3. The van der Waals surface area contributed by atoms with Gasteiger partial charge in [-0.15, -0.1) is 0 Å². The van der Waals surface area contributed by atoms with Crippen molar-refractivity contribution in [3.63, 3.8) is 0 Å². The van der Waals surface area contributed by atoms with Crippen LogP contribution < -0.4 is 9.62 Å². The van der Waals surface area contributed by atoms with Crippen LogP contribution in [0.25, 0.3) is 0 Å². The van der Waals surface area contributed by atoms with Gasteiger partial charge in [-0.3, -0.25) is 13.9 Å². The summed E-state index contributed by atoms with van der Waals surface area (Å²) in [4.78, 5) is 29.0. The lowest BCUT2D eigenvalue weighted by atomic mass is 10.1. The molecule has 0 bridgehead atoms. The van der Waals surface area contributed by atoms with Gasteiger partial charge in [0.25, 0.3) is 10.0 Å². The molecule has 2 amide bonds. The Bertz CT molecular complexity index is 1530. The number of amides is 2. The molecule has 11 heteroatoms. The number of benzene rings is 3. The molecule has 0 spiro atoms. The Hall–Kier alpha value is -2.78. The van der Waals surface area contributed by atoms with Crippen molar-refractivity contribution in [2.45, 2.75) is 58.5 Å². The van der Waals surface area contributed by atoms with E-state index in [0.717, 1.165) is 9.87 Å². The van der Waals surface area contributed by atoms with Crippen LogP contribution in [0, 0.1) is 19.8 Å². The van der Waals surface area contributed by atoms with Crippen molar-refractivity contribution in [3.05, 3.63) is 92.4 Å². The zero-order chi connectivity index (χ0) is 31.2. The fourth-order valence-electron chi connectivity index (χ4n) is 4.42. The third-order valence-corrected chi connectivity index (χ3v) is 9.34. The smallest absolute Gasteiger partial charge is 0.264 e. The molecule has 226 valence electrons. The molecule has 3 rings (SSSR count). The van der Waals surface area contributed by atoms with Crippen LogP contribution >= 0.6 is 34.8 Å². The highest BCUT2D eigenvalue weighted by molar-refractivity contribution is 7.92.